The second kappa shape index (κ2) is 8.93. The van der Waals surface area contributed by atoms with Crippen LogP contribution in [0.15, 0.2) is 29.2 Å². The van der Waals surface area contributed by atoms with Gasteiger partial charge in [0.05, 0.1) is 10.5 Å². The highest BCUT2D eigenvalue weighted by Crippen LogP contribution is 2.37. The summed E-state index contributed by atoms with van der Waals surface area (Å²) in [4.78, 5) is 28.3. The lowest BCUT2D eigenvalue weighted by Crippen LogP contribution is -2.35. The van der Waals surface area contributed by atoms with Gasteiger partial charge in [-0.25, -0.2) is 8.42 Å². The highest BCUT2D eigenvalue weighted by atomic mass is 32.2. The van der Waals surface area contributed by atoms with Crippen LogP contribution in [-0.4, -0.2) is 56.1 Å². The quantitative estimate of drug-likeness (QED) is 0.666. The minimum atomic E-state index is -3.61. The lowest BCUT2D eigenvalue weighted by Gasteiger charge is -2.23. The van der Waals surface area contributed by atoms with Crippen molar-refractivity contribution in [2.45, 2.75) is 49.6 Å². The van der Waals surface area contributed by atoms with Crippen LogP contribution in [0.25, 0.3) is 0 Å². The number of nitrogens with two attached hydrogens (primary N) is 1. The smallest absolute Gasteiger partial charge is 0.256 e. The van der Waals surface area contributed by atoms with Crippen molar-refractivity contribution in [3.8, 4) is 0 Å². The van der Waals surface area contributed by atoms with Crippen LogP contribution >= 0.6 is 11.3 Å². The number of primary amides is 1. The number of nitrogens with zero attached hydrogens (tertiary/aromatic N) is 2. The molecule has 8 nitrogen and oxygen atoms in total. The van der Waals surface area contributed by atoms with E-state index in [-0.39, 0.29) is 10.9 Å². The maximum absolute atomic E-state index is 12.9. The fourth-order valence-electron chi connectivity index (χ4n) is 4.46. The molecule has 0 atom stereocenters. The number of carbonyl (C=O) groups is 2. The first-order valence-corrected chi connectivity index (χ1v) is 13.0. The Bertz CT molecular complexity index is 1140. The van der Waals surface area contributed by atoms with Gasteiger partial charge in [0.2, 0.25) is 10.0 Å². The van der Waals surface area contributed by atoms with Crippen LogP contribution in [0.2, 0.25) is 0 Å². The van der Waals surface area contributed by atoms with Crippen molar-refractivity contribution in [3.63, 3.8) is 0 Å². The standard InChI is InChI=1S/C22H28N4O4S2/c1-25-12-11-17-18(13-25)31-22(19(17)20(23)27)24-21(28)14-7-9-16(10-8-14)32(29,30)26(2)15-5-3-4-6-15/h7-10,15H,3-6,11-13H2,1-2H3,(H2,23,27)(H,24,28). The number of nitrogens with one attached hydrogen (secondary N) is 1. The minimum absolute atomic E-state index is 0.0269. The predicted molar refractivity (Wildman–Crippen MR) is 124 cm³/mol. The second-order valence-electron chi connectivity index (χ2n) is 8.50. The lowest BCUT2D eigenvalue weighted by molar-refractivity contribution is 0.1000. The summed E-state index contributed by atoms with van der Waals surface area (Å²) in [7, 11) is 0.0117. The molecule has 172 valence electrons. The third kappa shape index (κ3) is 4.32. The number of fused-ring (bicyclic) bond motifs is 1. The summed E-state index contributed by atoms with van der Waals surface area (Å²) in [5.41, 5.74) is 7.21. The number of thiophene rings is 1. The highest BCUT2D eigenvalue weighted by Gasteiger charge is 2.30. The zero-order chi connectivity index (χ0) is 23.0. The van der Waals surface area contributed by atoms with Gasteiger partial charge in [-0.05, 0) is 56.1 Å². The highest BCUT2D eigenvalue weighted by molar-refractivity contribution is 7.89. The largest absolute Gasteiger partial charge is 0.365 e. The fourth-order valence-corrected chi connectivity index (χ4v) is 7.21. The molecular weight excluding hydrogens is 448 g/mol. The number of anilines is 1. The molecule has 0 unspecified atom stereocenters. The first-order chi connectivity index (χ1) is 15.2. The van der Waals surface area contributed by atoms with Crippen molar-refractivity contribution in [1.82, 2.24) is 9.21 Å². The van der Waals surface area contributed by atoms with E-state index in [1.807, 2.05) is 7.05 Å². The number of hydrogen-bond donors (Lipinski definition) is 2. The Kier molecular flexibility index (Phi) is 6.39. The van der Waals surface area contributed by atoms with Gasteiger partial charge in [-0.2, -0.15) is 4.31 Å². The maximum atomic E-state index is 12.9. The van der Waals surface area contributed by atoms with E-state index in [1.165, 1.54) is 39.9 Å². The average Bonchev–Trinajstić information content (AvgIpc) is 3.40. The van der Waals surface area contributed by atoms with E-state index in [2.05, 4.69) is 10.2 Å². The summed E-state index contributed by atoms with van der Waals surface area (Å²) in [5, 5.41) is 3.25. The summed E-state index contributed by atoms with van der Waals surface area (Å²) in [6.07, 6.45) is 4.54. The molecule has 4 rings (SSSR count). The summed E-state index contributed by atoms with van der Waals surface area (Å²) in [6.45, 7) is 1.53. The van der Waals surface area contributed by atoms with Gasteiger partial charge < -0.3 is 16.0 Å². The molecule has 1 fully saturated rings. The lowest BCUT2D eigenvalue weighted by atomic mass is 10.0. The van der Waals surface area contributed by atoms with Crippen molar-refractivity contribution in [2.75, 3.05) is 26.0 Å². The van der Waals surface area contributed by atoms with Crippen LogP contribution in [-0.2, 0) is 23.0 Å². The molecule has 2 heterocycles. The first-order valence-electron chi connectivity index (χ1n) is 10.7. The molecule has 1 aromatic carbocycles. The number of hydrogen-bond acceptors (Lipinski definition) is 6. The molecule has 2 aromatic rings. The molecule has 2 aliphatic rings. The summed E-state index contributed by atoms with van der Waals surface area (Å²) in [5.74, 6) is -0.966. The van der Waals surface area contributed by atoms with Crippen molar-refractivity contribution in [1.29, 1.82) is 0 Å². The number of amides is 2. The van der Waals surface area contributed by atoms with E-state index in [0.29, 0.717) is 29.1 Å². The minimum Gasteiger partial charge on any atom is -0.365 e. The van der Waals surface area contributed by atoms with Gasteiger partial charge in [-0.3, -0.25) is 9.59 Å². The van der Waals surface area contributed by atoms with E-state index in [9.17, 15) is 18.0 Å². The molecule has 0 spiro atoms. The second-order valence-corrected chi connectivity index (χ2v) is 11.6. The molecule has 3 N–H and O–H groups in total. The molecule has 2 amide bonds. The normalized spacial score (nSPS) is 17.5. The Morgan fingerprint density at radius 2 is 1.84 bits per heavy atom. The molecular formula is C22H28N4O4S2. The van der Waals surface area contributed by atoms with Gasteiger partial charge >= 0.3 is 0 Å². The first kappa shape index (κ1) is 22.9. The average molecular weight is 477 g/mol. The number of carbonyl (C=O) groups excluding carboxylic acids is 2. The summed E-state index contributed by atoms with van der Waals surface area (Å²) < 4.78 is 27.3. The van der Waals surface area contributed by atoms with E-state index >= 15 is 0 Å². The Hall–Kier alpha value is -2.27. The van der Waals surface area contributed by atoms with Crippen LogP contribution in [0.5, 0.6) is 0 Å². The van der Waals surface area contributed by atoms with Gasteiger partial charge in [0, 0.05) is 36.6 Å². The monoisotopic (exact) mass is 476 g/mol. The van der Waals surface area contributed by atoms with Crippen molar-refractivity contribution >= 4 is 38.2 Å². The van der Waals surface area contributed by atoms with Crippen molar-refractivity contribution in [2.24, 2.45) is 5.73 Å². The van der Waals surface area contributed by atoms with E-state index in [4.69, 9.17) is 5.73 Å². The van der Waals surface area contributed by atoms with Crippen LogP contribution < -0.4 is 11.1 Å². The Morgan fingerprint density at radius 3 is 2.47 bits per heavy atom. The molecule has 10 heteroatoms. The summed E-state index contributed by atoms with van der Waals surface area (Å²) >= 11 is 1.37. The molecule has 1 saturated carbocycles. The van der Waals surface area contributed by atoms with Crippen molar-refractivity contribution < 1.29 is 18.0 Å². The third-order valence-corrected chi connectivity index (χ3v) is 9.41. The zero-order valence-electron chi connectivity index (χ0n) is 18.3. The Morgan fingerprint density at radius 1 is 1.19 bits per heavy atom. The van der Waals surface area contributed by atoms with Gasteiger partial charge in [-0.15, -0.1) is 11.3 Å². The molecule has 0 radical (unpaired) electrons. The molecule has 1 aliphatic heterocycles. The SMILES string of the molecule is CN1CCc2c(sc(NC(=O)c3ccc(S(=O)(=O)N(C)C4CCCC4)cc3)c2C(N)=O)C1. The van der Waals surface area contributed by atoms with Crippen molar-refractivity contribution in [3.05, 3.63) is 45.8 Å². The zero-order valence-corrected chi connectivity index (χ0v) is 19.9. The maximum Gasteiger partial charge on any atom is 0.256 e. The molecule has 0 bridgehead atoms. The Balaban J connectivity index is 1.53. The van der Waals surface area contributed by atoms with Crippen LogP contribution in [0.1, 0.15) is 56.8 Å². The molecule has 0 saturated heterocycles. The number of sulfonamides is 1. The Labute approximate surface area is 192 Å². The van der Waals surface area contributed by atoms with Crippen LogP contribution in [0.4, 0.5) is 5.00 Å². The van der Waals surface area contributed by atoms with Gasteiger partial charge in [0.15, 0.2) is 0 Å². The van der Waals surface area contributed by atoms with Gasteiger partial charge in [0.25, 0.3) is 11.8 Å². The van der Waals surface area contributed by atoms with E-state index in [0.717, 1.165) is 42.7 Å². The van der Waals surface area contributed by atoms with Crippen LogP contribution in [0.3, 0.4) is 0 Å². The van der Waals surface area contributed by atoms with Gasteiger partial charge in [0.1, 0.15) is 5.00 Å². The topological polar surface area (TPSA) is 113 Å². The third-order valence-electron chi connectivity index (χ3n) is 6.35. The summed E-state index contributed by atoms with van der Waals surface area (Å²) in [6, 6.07) is 5.93. The number of rotatable bonds is 6. The fraction of sp³-hybridized carbons (Fsp3) is 0.455. The van der Waals surface area contributed by atoms with Crippen LogP contribution in [0, 0.1) is 0 Å². The number of likely N-dealkylation sites (N-methyl/N-ethyl adjacent to an activating group) is 1. The number of benzene rings is 1. The predicted octanol–water partition coefficient (Wildman–Crippen LogP) is 2.65. The van der Waals surface area contributed by atoms with E-state index < -0.39 is 21.8 Å². The molecule has 1 aliphatic carbocycles. The molecule has 1 aromatic heterocycles. The van der Waals surface area contributed by atoms with Gasteiger partial charge in [-0.1, -0.05) is 12.8 Å². The molecule has 32 heavy (non-hydrogen) atoms. The van der Waals surface area contributed by atoms with E-state index in [1.54, 1.807) is 7.05 Å².